The Morgan fingerprint density at radius 3 is 2.88 bits per heavy atom. The first-order chi connectivity index (χ1) is 8.19. The molecule has 2 rings (SSSR count). The molecule has 0 saturated heterocycles. The van der Waals surface area contributed by atoms with E-state index in [9.17, 15) is 4.39 Å². The Morgan fingerprint density at radius 1 is 1.41 bits per heavy atom. The van der Waals surface area contributed by atoms with Crippen LogP contribution in [0.1, 0.15) is 18.4 Å². The monoisotopic (exact) mass is 251 g/mol. The smallest absolute Gasteiger partial charge is 0.141 e. The highest BCUT2D eigenvalue weighted by Gasteiger charge is 2.08. The molecule has 0 radical (unpaired) electrons. The molecular weight excluding hydrogens is 237 g/mol. The van der Waals surface area contributed by atoms with E-state index in [-0.39, 0.29) is 11.9 Å². The van der Waals surface area contributed by atoms with Gasteiger partial charge in [-0.2, -0.15) is 0 Å². The predicted octanol–water partition coefficient (Wildman–Crippen LogP) is 2.62. The van der Waals surface area contributed by atoms with Gasteiger partial charge in [0.1, 0.15) is 5.82 Å². The van der Waals surface area contributed by atoms with Crippen molar-refractivity contribution in [2.75, 3.05) is 0 Å². The minimum absolute atomic E-state index is 0.148. The lowest BCUT2D eigenvalue weighted by Gasteiger charge is -2.04. The normalized spacial score (nSPS) is 12.6. The zero-order chi connectivity index (χ0) is 12.3. The van der Waals surface area contributed by atoms with E-state index in [0.717, 1.165) is 23.5 Å². The lowest BCUT2D eigenvalue weighted by molar-refractivity contribution is 0.622. The largest absolute Gasteiger partial charge is 0.327 e. The molecule has 17 heavy (non-hydrogen) atoms. The van der Waals surface area contributed by atoms with Crippen molar-refractivity contribution in [1.82, 2.24) is 9.97 Å². The second-order valence-corrected chi connectivity index (χ2v) is 4.80. The van der Waals surface area contributed by atoms with Crippen LogP contribution in [0.25, 0.3) is 11.4 Å². The fraction of sp³-hybridized carbons (Fsp3) is 0.333. The number of hydrogen-bond donors (Lipinski definition) is 1. The van der Waals surface area contributed by atoms with Gasteiger partial charge in [-0.3, -0.25) is 4.98 Å². The molecule has 2 N–H and O–H groups in total. The summed E-state index contributed by atoms with van der Waals surface area (Å²) in [4.78, 5) is 8.45. The molecule has 90 valence electrons. The number of hydrogen-bond acceptors (Lipinski definition) is 4. The van der Waals surface area contributed by atoms with Gasteiger partial charge >= 0.3 is 0 Å². The number of pyridine rings is 1. The molecule has 0 aliphatic rings. The van der Waals surface area contributed by atoms with Crippen LogP contribution < -0.4 is 5.73 Å². The summed E-state index contributed by atoms with van der Waals surface area (Å²) >= 11 is 1.57. The van der Waals surface area contributed by atoms with E-state index in [1.807, 2.05) is 5.38 Å². The maximum atomic E-state index is 12.7. The number of rotatable bonds is 4. The van der Waals surface area contributed by atoms with E-state index in [2.05, 4.69) is 16.9 Å². The van der Waals surface area contributed by atoms with Gasteiger partial charge in [-0.15, -0.1) is 11.3 Å². The van der Waals surface area contributed by atoms with E-state index < -0.39 is 0 Å². The fourth-order valence-electron chi connectivity index (χ4n) is 1.42. The lowest BCUT2D eigenvalue weighted by Crippen LogP contribution is -2.21. The molecule has 1 unspecified atom stereocenters. The van der Waals surface area contributed by atoms with Gasteiger partial charge in [0.15, 0.2) is 0 Å². The molecule has 0 amide bonds. The van der Waals surface area contributed by atoms with Crippen molar-refractivity contribution in [2.24, 2.45) is 5.73 Å². The summed E-state index contributed by atoms with van der Waals surface area (Å²) < 4.78 is 12.7. The summed E-state index contributed by atoms with van der Waals surface area (Å²) in [5.74, 6) is -0.336. The number of halogens is 1. The highest BCUT2D eigenvalue weighted by atomic mass is 32.1. The molecule has 0 spiro atoms. The number of aromatic nitrogens is 2. The Balaban J connectivity index is 2.15. The van der Waals surface area contributed by atoms with Gasteiger partial charge in [-0.05, 0) is 18.6 Å². The van der Waals surface area contributed by atoms with Crippen molar-refractivity contribution >= 4 is 11.3 Å². The summed E-state index contributed by atoms with van der Waals surface area (Å²) in [6.07, 6.45) is 2.91. The predicted molar refractivity (Wildman–Crippen MR) is 67.3 cm³/mol. The first-order valence-corrected chi connectivity index (χ1v) is 6.39. The quantitative estimate of drug-likeness (QED) is 0.908. The van der Waals surface area contributed by atoms with Gasteiger partial charge in [-0.25, -0.2) is 9.37 Å². The number of nitrogens with zero attached hydrogens (tertiary/aromatic N) is 2. The molecule has 1 atom stereocenters. The minimum Gasteiger partial charge on any atom is -0.327 e. The maximum Gasteiger partial charge on any atom is 0.141 e. The minimum atomic E-state index is -0.336. The summed E-state index contributed by atoms with van der Waals surface area (Å²) in [5.41, 5.74) is 7.35. The summed E-state index contributed by atoms with van der Waals surface area (Å²) in [5, 5.41) is 2.93. The highest BCUT2D eigenvalue weighted by molar-refractivity contribution is 7.09. The molecular formula is C12H14FN3S. The average Bonchev–Trinajstić information content (AvgIpc) is 2.78. The molecule has 0 saturated carbocycles. The Labute approximate surface area is 104 Å². The lowest BCUT2D eigenvalue weighted by atomic mass is 10.2. The van der Waals surface area contributed by atoms with Crippen LogP contribution >= 0.6 is 11.3 Å². The van der Waals surface area contributed by atoms with Crippen molar-refractivity contribution < 1.29 is 4.39 Å². The van der Waals surface area contributed by atoms with Crippen LogP contribution in [-0.4, -0.2) is 16.0 Å². The van der Waals surface area contributed by atoms with Crippen LogP contribution in [0.4, 0.5) is 4.39 Å². The number of nitrogens with two attached hydrogens (primary N) is 1. The van der Waals surface area contributed by atoms with Gasteiger partial charge in [0.05, 0.1) is 22.6 Å². The maximum absolute atomic E-state index is 12.7. The van der Waals surface area contributed by atoms with Crippen LogP contribution in [0.15, 0.2) is 23.7 Å². The highest BCUT2D eigenvalue weighted by Crippen LogP contribution is 2.21. The fourth-order valence-corrected chi connectivity index (χ4v) is 2.30. The molecule has 0 bridgehead atoms. The van der Waals surface area contributed by atoms with Crippen LogP contribution in [-0.2, 0) is 6.42 Å². The first-order valence-electron chi connectivity index (χ1n) is 5.51. The SMILES string of the molecule is CCC(N)Cc1nc(-c2ccc(F)cn2)cs1. The molecule has 0 fully saturated rings. The van der Waals surface area contributed by atoms with Gasteiger partial charge in [0.2, 0.25) is 0 Å². The standard InChI is InChI=1S/C12H14FN3S/c1-2-9(14)5-12-16-11(7-17-12)10-4-3-8(13)6-15-10/h3-4,6-7,9H,2,5,14H2,1H3. The van der Waals surface area contributed by atoms with E-state index in [4.69, 9.17) is 5.73 Å². The van der Waals surface area contributed by atoms with Gasteiger partial charge < -0.3 is 5.73 Å². The van der Waals surface area contributed by atoms with E-state index >= 15 is 0 Å². The van der Waals surface area contributed by atoms with Crippen LogP contribution in [0.5, 0.6) is 0 Å². The van der Waals surface area contributed by atoms with E-state index in [1.165, 1.54) is 12.3 Å². The second kappa shape index (κ2) is 5.33. The summed E-state index contributed by atoms with van der Waals surface area (Å²) in [6.45, 7) is 2.06. The third kappa shape index (κ3) is 3.08. The Hall–Kier alpha value is -1.33. The van der Waals surface area contributed by atoms with Crippen molar-refractivity contribution in [2.45, 2.75) is 25.8 Å². The van der Waals surface area contributed by atoms with Gasteiger partial charge in [-0.1, -0.05) is 6.92 Å². The molecule has 2 aromatic rings. The van der Waals surface area contributed by atoms with Crippen LogP contribution in [0, 0.1) is 5.82 Å². The third-order valence-corrected chi connectivity index (χ3v) is 3.37. The molecule has 0 aromatic carbocycles. The van der Waals surface area contributed by atoms with Gasteiger partial charge in [0, 0.05) is 17.8 Å². The van der Waals surface area contributed by atoms with Crippen molar-refractivity contribution in [3.63, 3.8) is 0 Å². The zero-order valence-corrected chi connectivity index (χ0v) is 10.4. The molecule has 3 nitrogen and oxygen atoms in total. The molecule has 0 aliphatic carbocycles. The van der Waals surface area contributed by atoms with Crippen LogP contribution in [0.3, 0.4) is 0 Å². The molecule has 0 aliphatic heterocycles. The average molecular weight is 251 g/mol. The van der Waals surface area contributed by atoms with E-state index in [1.54, 1.807) is 17.4 Å². The number of thiazole rings is 1. The summed E-state index contributed by atoms with van der Waals surface area (Å²) in [7, 11) is 0. The van der Waals surface area contributed by atoms with Crippen molar-refractivity contribution in [1.29, 1.82) is 0 Å². The van der Waals surface area contributed by atoms with Crippen molar-refractivity contribution in [3.05, 3.63) is 34.5 Å². The molecule has 2 heterocycles. The van der Waals surface area contributed by atoms with Crippen LogP contribution in [0.2, 0.25) is 0 Å². The first kappa shape index (κ1) is 12.1. The zero-order valence-electron chi connectivity index (χ0n) is 9.56. The second-order valence-electron chi connectivity index (χ2n) is 3.86. The Bertz CT molecular complexity index is 481. The van der Waals surface area contributed by atoms with Crippen molar-refractivity contribution in [3.8, 4) is 11.4 Å². The van der Waals surface area contributed by atoms with E-state index in [0.29, 0.717) is 5.69 Å². The molecule has 2 aromatic heterocycles. The molecule has 5 heteroatoms. The summed E-state index contributed by atoms with van der Waals surface area (Å²) in [6, 6.07) is 3.17. The van der Waals surface area contributed by atoms with Gasteiger partial charge in [0.25, 0.3) is 0 Å². The third-order valence-electron chi connectivity index (χ3n) is 2.50. The topological polar surface area (TPSA) is 51.8 Å². The Morgan fingerprint density at radius 2 is 2.24 bits per heavy atom. The Kier molecular flexibility index (Phi) is 3.81.